The summed E-state index contributed by atoms with van der Waals surface area (Å²) in [5, 5.41) is 0. The second-order valence-corrected chi connectivity index (χ2v) is 16.4. The number of allylic oxidation sites excluding steroid dienone is 5. The van der Waals surface area contributed by atoms with Crippen LogP contribution in [0.1, 0.15) is 72.9 Å². The van der Waals surface area contributed by atoms with E-state index in [2.05, 4.69) is 212 Å². The van der Waals surface area contributed by atoms with Gasteiger partial charge in [-0.25, -0.2) is 0 Å². The minimum atomic E-state index is -0.140. The summed E-state index contributed by atoms with van der Waals surface area (Å²) in [5.41, 5.74) is 19.4. The highest BCUT2D eigenvalue weighted by atomic mass is 15.2. The lowest BCUT2D eigenvalue weighted by Gasteiger charge is -2.35. The number of hydrogen-bond acceptors (Lipinski definition) is 2. The van der Waals surface area contributed by atoms with E-state index in [4.69, 9.17) is 0 Å². The maximum atomic E-state index is 2.55. The molecule has 0 N–H and O–H groups in total. The molecule has 4 aliphatic carbocycles. The fourth-order valence-electron chi connectivity index (χ4n) is 9.44. The van der Waals surface area contributed by atoms with Gasteiger partial charge in [-0.1, -0.05) is 141 Å². The predicted molar refractivity (Wildman–Crippen MR) is 243 cm³/mol. The van der Waals surface area contributed by atoms with E-state index in [1.54, 1.807) is 0 Å². The first-order valence-electron chi connectivity index (χ1n) is 20.6. The SMILES string of the molecule is CC1(C)c2cc(/C=C/c3ccc(N(c4ccc5c(c4)C=CCC5)C4C=CC5=C(C=CCC5)C4)cc3)ccc2-c2ccc(N(c3ccccc3)c3ccccc3)cc21. The second-order valence-electron chi connectivity index (χ2n) is 16.4. The number of hydrogen-bond donors (Lipinski definition) is 0. The lowest BCUT2D eigenvalue weighted by molar-refractivity contribution is 0.660. The molecule has 0 saturated heterocycles. The van der Waals surface area contributed by atoms with Crippen LogP contribution < -0.4 is 9.80 Å². The number of nitrogens with zero attached hydrogens (tertiary/aromatic N) is 2. The molecule has 0 aromatic heterocycles. The Morgan fingerprint density at radius 2 is 1.16 bits per heavy atom. The smallest absolute Gasteiger partial charge is 0.0565 e. The van der Waals surface area contributed by atoms with E-state index < -0.39 is 0 Å². The molecular formula is C55H48N2. The van der Waals surface area contributed by atoms with Crippen LogP contribution in [0.4, 0.5) is 28.4 Å². The van der Waals surface area contributed by atoms with Gasteiger partial charge in [0.1, 0.15) is 0 Å². The van der Waals surface area contributed by atoms with Crippen molar-refractivity contribution >= 4 is 46.7 Å². The third-order valence-corrected chi connectivity index (χ3v) is 12.5. The van der Waals surface area contributed by atoms with Gasteiger partial charge >= 0.3 is 0 Å². The van der Waals surface area contributed by atoms with Crippen LogP contribution in [0.25, 0.3) is 29.4 Å². The summed E-state index contributed by atoms with van der Waals surface area (Å²) in [4.78, 5) is 4.90. The first kappa shape index (κ1) is 35.1. The molecule has 0 radical (unpaired) electrons. The predicted octanol–water partition coefficient (Wildman–Crippen LogP) is 14.7. The largest absolute Gasteiger partial charge is 0.334 e. The molecule has 1 atom stereocenters. The number of fused-ring (bicyclic) bond motifs is 4. The molecule has 1 unspecified atom stereocenters. The number of aryl methyl sites for hydroxylation is 1. The molecule has 6 aromatic carbocycles. The fraction of sp³-hybridized carbons (Fsp3) is 0.164. The Bertz CT molecular complexity index is 2580. The van der Waals surface area contributed by atoms with Gasteiger partial charge in [0, 0.05) is 33.9 Å². The lowest BCUT2D eigenvalue weighted by atomic mass is 9.81. The molecule has 0 amide bonds. The normalized spacial score (nSPS) is 17.3. The van der Waals surface area contributed by atoms with Gasteiger partial charge in [-0.15, -0.1) is 0 Å². The summed E-state index contributed by atoms with van der Waals surface area (Å²) < 4.78 is 0. The molecule has 2 nitrogen and oxygen atoms in total. The van der Waals surface area contributed by atoms with Crippen LogP contribution in [0.2, 0.25) is 0 Å². The van der Waals surface area contributed by atoms with Crippen molar-refractivity contribution in [2.75, 3.05) is 9.80 Å². The first-order valence-corrected chi connectivity index (χ1v) is 20.6. The Morgan fingerprint density at radius 1 is 0.526 bits per heavy atom. The Labute approximate surface area is 338 Å². The average Bonchev–Trinajstić information content (AvgIpc) is 3.49. The number of benzene rings is 6. The standard InChI is InChI=1S/C55H48N2/c1-55(2)53-35-40(25-33-51(53)52-34-32-50(38-54(52)55)56(45-17-5-3-6-18-45)46-19-7-4-8-20-46)22-21-39-23-28-47(29-24-39)57(48-30-26-41-13-9-11-15-43(41)36-48)49-31-27-42-14-10-12-16-44(42)37-49/h3-8,11-12,15-36,38,49H,9-10,13-14,37H2,1-2H3/b22-21+. The molecule has 0 saturated carbocycles. The van der Waals surface area contributed by atoms with E-state index in [0.29, 0.717) is 0 Å². The van der Waals surface area contributed by atoms with E-state index in [-0.39, 0.29) is 11.5 Å². The number of anilines is 5. The zero-order valence-electron chi connectivity index (χ0n) is 32.9. The number of rotatable bonds is 8. The van der Waals surface area contributed by atoms with Gasteiger partial charge in [0.25, 0.3) is 0 Å². The molecule has 57 heavy (non-hydrogen) atoms. The molecule has 0 spiro atoms. The van der Waals surface area contributed by atoms with Crippen LogP contribution in [0.3, 0.4) is 0 Å². The second kappa shape index (κ2) is 14.6. The van der Waals surface area contributed by atoms with E-state index in [1.165, 1.54) is 72.7 Å². The van der Waals surface area contributed by atoms with Crippen molar-refractivity contribution < 1.29 is 0 Å². The maximum absolute atomic E-state index is 2.55. The van der Waals surface area contributed by atoms with Crippen molar-refractivity contribution in [3.05, 3.63) is 214 Å². The molecule has 0 aliphatic heterocycles. The van der Waals surface area contributed by atoms with Crippen LogP contribution >= 0.6 is 0 Å². The van der Waals surface area contributed by atoms with Gasteiger partial charge < -0.3 is 9.80 Å². The van der Waals surface area contributed by atoms with Gasteiger partial charge in [0.05, 0.1) is 6.04 Å². The van der Waals surface area contributed by atoms with Gasteiger partial charge in [0.15, 0.2) is 0 Å². The quantitative estimate of drug-likeness (QED) is 0.144. The highest BCUT2D eigenvalue weighted by Crippen LogP contribution is 2.51. The van der Waals surface area contributed by atoms with Crippen molar-refractivity contribution in [2.24, 2.45) is 0 Å². The molecule has 0 heterocycles. The zero-order chi connectivity index (χ0) is 38.3. The molecule has 6 aromatic rings. The minimum Gasteiger partial charge on any atom is -0.334 e. The molecule has 2 heteroatoms. The topological polar surface area (TPSA) is 6.48 Å². The van der Waals surface area contributed by atoms with Crippen molar-refractivity contribution in [2.45, 2.75) is 57.4 Å². The van der Waals surface area contributed by atoms with Crippen molar-refractivity contribution in [3.8, 4) is 11.1 Å². The van der Waals surface area contributed by atoms with Gasteiger partial charge in [-0.2, -0.15) is 0 Å². The zero-order valence-corrected chi connectivity index (χ0v) is 32.9. The van der Waals surface area contributed by atoms with Crippen molar-refractivity contribution in [1.82, 2.24) is 0 Å². The molecule has 278 valence electrons. The molecule has 0 bridgehead atoms. The Balaban J connectivity index is 0.924. The van der Waals surface area contributed by atoms with E-state index in [0.717, 1.165) is 43.5 Å². The summed E-state index contributed by atoms with van der Waals surface area (Å²) in [5.74, 6) is 0. The van der Waals surface area contributed by atoms with Crippen LogP contribution in [0.5, 0.6) is 0 Å². The summed E-state index contributed by atoms with van der Waals surface area (Å²) in [6.07, 6.45) is 24.2. The van der Waals surface area contributed by atoms with Crippen LogP contribution in [-0.4, -0.2) is 6.04 Å². The Morgan fingerprint density at radius 3 is 1.93 bits per heavy atom. The van der Waals surface area contributed by atoms with Crippen LogP contribution in [0.15, 0.2) is 181 Å². The molecule has 0 fully saturated rings. The lowest BCUT2D eigenvalue weighted by Crippen LogP contribution is -2.31. The molecular weight excluding hydrogens is 689 g/mol. The average molecular weight is 737 g/mol. The van der Waals surface area contributed by atoms with E-state index in [1.807, 2.05) is 0 Å². The van der Waals surface area contributed by atoms with Crippen LogP contribution in [-0.2, 0) is 11.8 Å². The third kappa shape index (κ3) is 6.60. The van der Waals surface area contributed by atoms with E-state index >= 15 is 0 Å². The Hall–Kier alpha value is -6.38. The summed E-state index contributed by atoms with van der Waals surface area (Å²) in [6, 6.07) is 51.8. The van der Waals surface area contributed by atoms with Gasteiger partial charge in [0.2, 0.25) is 0 Å². The number of para-hydroxylation sites is 2. The van der Waals surface area contributed by atoms with Crippen molar-refractivity contribution in [3.63, 3.8) is 0 Å². The minimum absolute atomic E-state index is 0.140. The summed E-state index contributed by atoms with van der Waals surface area (Å²) >= 11 is 0. The highest BCUT2D eigenvalue weighted by Gasteiger charge is 2.36. The van der Waals surface area contributed by atoms with Crippen molar-refractivity contribution in [1.29, 1.82) is 0 Å². The Kier molecular flexibility index (Phi) is 8.98. The highest BCUT2D eigenvalue weighted by molar-refractivity contribution is 5.87. The van der Waals surface area contributed by atoms with Gasteiger partial charge in [-0.3, -0.25) is 0 Å². The summed E-state index contributed by atoms with van der Waals surface area (Å²) in [6.45, 7) is 4.74. The first-order chi connectivity index (χ1) is 28.0. The molecule has 4 aliphatic rings. The van der Waals surface area contributed by atoms with Gasteiger partial charge in [-0.05, 0) is 148 Å². The fourth-order valence-corrected chi connectivity index (χ4v) is 9.44. The van der Waals surface area contributed by atoms with Crippen LogP contribution in [0, 0.1) is 0 Å². The maximum Gasteiger partial charge on any atom is 0.0565 e. The third-order valence-electron chi connectivity index (χ3n) is 12.5. The van der Waals surface area contributed by atoms with E-state index in [9.17, 15) is 0 Å². The molecule has 10 rings (SSSR count). The summed E-state index contributed by atoms with van der Waals surface area (Å²) in [7, 11) is 0. The monoisotopic (exact) mass is 736 g/mol.